The topological polar surface area (TPSA) is 72.5 Å². The molecule has 0 radical (unpaired) electrons. The molecule has 53 heavy (non-hydrogen) atoms. The van der Waals surface area contributed by atoms with Gasteiger partial charge in [-0.25, -0.2) is 0 Å². The minimum Gasteiger partial charge on any atom is -0.409 e. The van der Waals surface area contributed by atoms with Crippen molar-refractivity contribution >= 4 is 49.9 Å². The molecule has 0 aliphatic carbocycles. The van der Waals surface area contributed by atoms with Crippen LogP contribution in [-0.4, -0.2) is 84.5 Å². The van der Waals surface area contributed by atoms with E-state index in [0.717, 1.165) is 6.29 Å². The first-order valence-electron chi connectivity index (χ1n) is 19.3. The zero-order valence-electron chi connectivity index (χ0n) is 36.9. The lowest BCUT2D eigenvalue weighted by Gasteiger charge is -2.49. The van der Waals surface area contributed by atoms with Crippen LogP contribution in [0.2, 0.25) is 59.4 Å². The molecule has 0 bridgehead atoms. The maximum Gasteiger partial charge on any atom is 0.261 e. The van der Waals surface area contributed by atoms with Crippen molar-refractivity contribution in [2.45, 2.75) is 167 Å². The van der Waals surface area contributed by atoms with Crippen LogP contribution in [0.5, 0.6) is 0 Å². The monoisotopic (exact) mass is 804 g/mol. The van der Waals surface area contributed by atoms with E-state index in [-0.39, 0.29) is 33.6 Å². The molecule has 0 aromatic heterocycles. The van der Waals surface area contributed by atoms with Gasteiger partial charge in [-0.1, -0.05) is 144 Å². The van der Waals surface area contributed by atoms with E-state index in [1.807, 2.05) is 0 Å². The summed E-state index contributed by atoms with van der Waals surface area (Å²) in [4.78, 5) is 13.4. The number of ether oxygens (including phenoxy) is 2. The van der Waals surface area contributed by atoms with Crippen LogP contribution in [-0.2, 0) is 32.0 Å². The van der Waals surface area contributed by atoms with E-state index in [1.165, 1.54) is 10.4 Å². The maximum absolute atomic E-state index is 13.4. The third-order valence-corrected chi connectivity index (χ3v) is 30.6. The van der Waals surface area contributed by atoms with E-state index in [9.17, 15) is 4.79 Å². The van der Waals surface area contributed by atoms with Gasteiger partial charge in [-0.05, 0) is 69.8 Å². The Morgan fingerprint density at radius 2 is 0.962 bits per heavy atom. The molecule has 2 aromatic carbocycles. The van der Waals surface area contributed by atoms with E-state index in [2.05, 4.69) is 183 Å². The molecule has 11 heteroatoms. The Kier molecular flexibility index (Phi) is 16.2. The molecule has 0 N–H and O–H groups in total. The second-order valence-electron chi connectivity index (χ2n) is 20.3. The quantitative estimate of drug-likeness (QED) is 0.0844. The van der Waals surface area contributed by atoms with Gasteiger partial charge in [0.15, 0.2) is 25.0 Å². The normalized spacial score (nSPS) is 16.6. The second-order valence-corrected chi connectivity index (χ2v) is 38.8. The van der Waals surface area contributed by atoms with Crippen molar-refractivity contribution in [3.63, 3.8) is 0 Å². The van der Waals surface area contributed by atoms with Crippen LogP contribution in [0.15, 0.2) is 60.7 Å². The number of carbonyl (C=O) groups excluding carboxylic acids is 1. The predicted octanol–water partition coefficient (Wildman–Crippen LogP) is 9.92. The van der Waals surface area contributed by atoms with E-state index in [1.54, 1.807) is 7.11 Å². The number of aldehydes is 1. The largest absolute Gasteiger partial charge is 0.409 e. The summed E-state index contributed by atoms with van der Waals surface area (Å²) >= 11 is 0. The Morgan fingerprint density at radius 3 is 1.32 bits per heavy atom. The van der Waals surface area contributed by atoms with E-state index < -0.39 is 57.7 Å². The fraction of sp³-hybridized carbons (Fsp3) is 0.690. The number of carbonyl (C=O) groups is 1. The lowest BCUT2D eigenvalue weighted by atomic mass is 10.0. The SMILES string of the molecule is COCO[C@@H]([C@@H](O[Si](C)(C)C(C)(C)C)[C@@H](C=O)O[Si](C)(C)C(C)(C)C)[C@@H](CO[Si](c1ccccc1)(c1ccccc1)C(C)(C)C)O[Si](C)(C)C(C)(C)C. The van der Waals surface area contributed by atoms with Crippen LogP contribution < -0.4 is 10.4 Å². The fourth-order valence-corrected chi connectivity index (χ4v) is 14.2. The molecule has 0 saturated carbocycles. The van der Waals surface area contributed by atoms with Gasteiger partial charge in [0.2, 0.25) is 0 Å². The first-order chi connectivity index (χ1) is 24.0. The molecule has 302 valence electrons. The number of methoxy groups -OCH3 is 1. The summed E-state index contributed by atoms with van der Waals surface area (Å²) < 4.78 is 41.8. The molecule has 0 unspecified atom stereocenters. The molecule has 0 aliphatic rings. The number of hydrogen-bond donors (Lipinski definition) is 0. The maximum atomic E-state index is 13.4. The zero-order chi connectivity index (χ0) is 40.9. The van der Waals surface area contributed by atoms with Gasteiger partial charge in [-0.15, -0.1) is 0 Å². The first kappa shape index (κ1) is 47.9. The minimum atomic E-state index is -3.00. The number of hydrogen-bond acceptors (Lipinski definition) is 7. The predicted molar refractivity (Wildman–Crippen MR) is 233 cm³/mol. The minimum absolute atomic E-state index is 0.00965. The summed E-state index contributed by atoms with van der Waals surface area (Å²) in [6, 6.07) is 21.3. The van der Waals surface area contributed by atoms with E-state index >= 15 is 0 Å². The molecule has 2 rings (SSSR count). The van der Waals surface area contributed by atoms with Gasteiger partial charge in [-0.2, -0.15) is 0 Å². The summed E-state index contributed by atoms with van der Waals surface area (Å²) in [6.07, 6.45) is -2.13. The van der Waals surface area contributed by atoms with Gasteiger partial charge in [0.05, 0.1) is 12.7 Å². The van der Waals surface area contributed by atoms with Crippen molar-refractivity contribution in [2.75, 3.05) is 20.5 Å². The summed E-state index contributed by atoms with van der Waals surface area (Å²) in [6.45, 7) is 40.2. The van der Waals surface area contributed by atoms with Gasteiger partial charge in [0.25, 0.3) is 8.32 Å². The lowest BCUT2D eigenvalue weighted by Crippen LogP contribution is -2.68. The van der Waals surface area contributed by atoms with Crippen LogP contribution >= 0.6 is 0 Å². The molecular formula is C42H76O7Si4. The Balaban J connectivity index is 2.99. The Hall–Kier alpha value is -1.26. The smallest absolute Gasteiger partial charge is 0.261 e. The number of benzene rings is 2. The second kappa shape index (κ2) is 17.9. The van der Waals surface area contributed by atoms with Crippen molar-refractivity contribution in [2.24, 2.45) is 0 Å². The van der Waals surface area contributed by atoms with Crippen molar-refractivity contribution < 1.29 is 32.0 Å². The van der Waals surface area contributed by atoms with Crippen LogP contribution in [0.4, 0.5) is 0 Å². The summed E-state index contributed by atoms with van der Waals surface area (Å²) in [5.74, 6) is 0. The molecule has 0 spiro atoms. The highest BCUT2D eigenvalue weighted by Crippen LogP contribution is 2.44. The third-order valence-electron chi connectivity index (χ3n) is 12.1. The van der Waals surface area contributed by atoms with Gasteiger partial charge < -0.3 is 32.0 Å². The number of rotatable bonds is 18. The van der Waals surface area contributed by atoms with Crippen molar-refractivity contribution in [3.05, 3.63) is 60.7 Å². The van der Waals surface area contributed by atoms with Crippen LogP contribution in [0, 0.1) is 0 Å². The Labute approximate surface area is 328 Å². The lowest BCUT2D eigenvalue weighted by molar-refractivity contribution is -0.169. The standard InChI is InChI=1S/C42H76O7Si4/c1-39(2,3)50(14,15)47-35(30-43)38(49-52(18,19)41(7,8)9)37(45-32-44-13)36(48-51(16,17)40(4,5)6)31-46-53(42(10,11)12,33-26-22-20-23-27-33)34-28-24-21-25-29-34/h20-30,35-38H,31-32H2,1-19H3/t35-,36-,37-,38+/m1/s1. The molecule has 2 aromatic rings. The van der Waals surface area contributed by atoms with Crippen molar-refractivity contribution in [1.82, 2.24) is 0 Å². The molecule has 0 heterocycles. The highest BCUT2D eigenvalue weighted by atomic mass is 28.4. The molecule has 0 amide bonds. The van der Waals surface area contributed by atoms with Crippen LogP contribution in [0.25, 0.3) is 0 Å². The van der Waals surface area contributed by atoms with Crippen LogP contribution in [0.1, 0.15) is 83.1 Å². The van der Waals surface area contributed by atoms with Crippen molar-refractivity contribution in [1.29, 1.82) is 0 Å². The molecule has 7 nitrogen and oxygen atoms in total. The van der Waals surface area contributed by atoms with E-state index in [0.29, 0.717) is 0 Å². The summed E-state index contributed by atoms with van der Waals surface area (Å²) in [7, 11) is -8.85. The van der Waals surface area contributed by atoms with Gasteiger partial charge in [-0.3, -0.25) is 0 Å². The summed E-state index contributed by atoms with van der Waals surface area (Å²) in [5, 5.41) is 1.70. The van der Waals surface area contributed by atoms with Gasteiger partial charge >= 0.3 is 0 Å². The Morgan fingerprint density at radius 1 is 0.566 bits per heavy atom. The first-order valence-corrected chi connectivity index (χ1v) is 30.0. The average Bonchev–Trinajstić information content (AvgIpc) is 3.02. The zero-order valence-corrected chi connectivity index (χ0v) is 40.9. The molecule has 4 atom stereocenters. The fourth-order valence-electron chi connectivity index (χ4n) is 5.81. The highest BCUT2D eigenvalue weighted by molar-refractivity contribution is 6.99. The Bertz CT molecular complexity index is 1370. The van der Waals surface area contributed by atoms with E-state index in [4.69, 9.17) is 27.2 Å². The molecule has 0 saturated heterocycles. The third kappa shape index (κ3) is 11.6. The van der Waals surface area contributed by atoms with Gasteiger partial charge in [0.1, 0.15) is 31.4 Å². The molecule has 0 fully saturated rings. The highest BCUT2D eigenvalue weighted by Gasteiger charge is 2.54. The van der Waals surface area contributed by atoms with Crippen molar-refractivity contribution in [3.8, 4) is 0 Å². The van der Waals surface area contributed by atoms with Crippen LogP contribution in [0.3, 0.4) is 0 Å². The summed E-state index contributed by atoms with van der Waals surface area (Å²) in [5.41, 5.74) is 0. The molecule has 0 aliphatic heterocycles. The average molecular weight is 805 g/mol. The molecular weight excluding hydrogens is 729 g/mol. The van der Waals surface area contributed by atoms with Gasteiger partial charge in [0, 0.05) is 7.11 Å².